The van der Waals surface area contributed by atoms with E-state index in [9.17, 15) is 0 Å². The Labute approximate surface area is 114 Å². The lowest BCUT2D eigenvalue weighted by atomic mass is 9.68. The summed E-state index contributed by atoms with van der Waals surface area (Å²) in [7, 11) is 0. The fourth-order valence-electron chi connectivity index (χ4n) is 3.64. The molecule has 1 spiro atoms. The number of piperidine rings is 1. The van der Waals surface area contributed by atoms with Crippen LogP contribution in [0.3, 0.4) is 0 Å². The fraction of sp³-hybridized carbons (Fsp3) is 1.00. The van der Waals surface area contributed by atoms with Crippen LogP contribution >= 0.6 is 0 Å². The molecule has 2 rings (SSSR count). The van der Waals surface area contributed by atoms with Gasteiger partial charge in [-0.1, -0.05) is 19.3 Å². The maximum Gasteiger partial charge on any atom is 0.0107 e. The zero-order chi connectivity index (χ0) is 13.1. The summed E-state index contributed by atoms with van der Waals surface area (Å²) >= 11 is 0. The van der Waals surface area contributed by atoms with Crippen molar-refractivity contribution in [2.24, 2.45) is 5.41 Å². The van der Waals surface area contributed by atoms with E-state index in [0.717, 1.165) is 12.0 Å². The van der Waals surface area contributed by atoms with Crippen LogP contribution in [0, 0.1) is 5.41 Å². The summed E-state index contributed by atoms with van der Waals surface area (Å²) in [5.74, 6) is 0. The minimum absolute atomic E-state index is 0.264. The average molecular weight is 252 g/mol. The zero-order valence-corrected chi connectivity index (χ0v) is 12.7. The van der Waals surface area contributed by atoms with Gasteiger partial charge in [-0.25, -0.2) is 0 Å². The molecule has 1 aliphatic heterocycles. The van der Waals surface area contributed by atoms with E-state index in [1.165, 1.54) is 64.6 Å². The lowest BCUT2D eigenvalue weighted by Gasteiger charge is -2.44. The third-order valence-electron chi connectivity index (χ3n) is 4.91. The molecule has 0 aromatic heterocycles. The molecule has 0 atom stereocenters. The molecule has 0 radical (unpaired) electrons. The molecule has 1 heterocycles. The molecule has 0 bridgehead atoms. The van der Waals surface area contributed by atoms with Gasteiger partial charge in [-0.15, -0.1) is 0 Å². The van der Waals surface area contributed by atoms with Gasteiger partial charge in [0.2, 0.25) is 0 Å². The predicted molar refractivity (Wildman–Crippen MR) is 78.9 cm³/mol. The third kappa shape index (κ3) is 4.24. The molecule has 106 valence electrons. The van der Waals surface area contributed by atoms with Crippen LogP contribution in [0.2, 0.25) is 0 Å². The van der Waals surface area contributed by atoms with Crippen LogP contribution in [0.15, 0.2) is 0 Å². The zero-order valence-electron chi connectivity index (χ0n) is 12.7. The van der Waals surface area contributed by atoms with Gasteiger partial charge in [0.1, 0.15) is 0 Å². The lowest BCUT2D eigenvalue weighted by molar-refractivity contribution is 0.0675. The lowest BCUT2D eigenvalue weighted by Crippen LogP contribution is -2.46. The molecule has 18 heavy (non-hydrogen) atoms. The van der Waals surface area contributed by atoms with Gasteiger partial charge < -0.3 is 10.2 Å². The number of rotatable bonds is 3. The van der Waals surface area contributed by atoms with Crippen molar-refractivity contribution in [3.63, 3.8) is 0 Å². The highest BCUT2D eigenvalue weighted by Crippen LogP contribution is 2.44. The number of hydrogen-bond acceptors (Lipinski definition) is 2. The van der Waals surface area contributed by atoms with Gasteiger partial charge in [0.25, 0.3) is 0 Å². The second-order valence-electron chi connectivity index (χ2n) is 7.58. The van der Waals surface area contributed by atoms with E-state index in [-0.39, 0.29) is 5.54 Å². The number of nitrogens with zero attached hydrogens (tertiary/aromatic N) is 1. The van der Waals surface area contributed by atoms with Crippen LogP contribution in [0.4, 0.5) is 0 Å². The molecule has 0 aromatic carbocycles. The van der Waals surface area contributed by atoms with E-state index in [1.54, 1.807) is 0 Å². The Morgan fingerprint density at radius 1 is 0.944 bits per heavy atom. The molecule has 1 saturated carbocycles. The van der Waals surface area contributed by atoms with Gasteiger partial charge in [0.05, 0.1) is 0 Å². The van der Waals surface area contributed by atoms with Gasteiger partial charge in [0.15, 0.2) is 0 Å². The first-order chi connectivity index (χ1) is 8.49. The van der Waals surface area contributed by atoms with Crippen molar-refractivity contribution in [3.8, 4) is 0 Å². The van der Waals surface area contributed by atoms with E-state index in [1.807, 2.05) is 0 Å². The molecule has 2 fully saturated rings. The molecule has 0 unspecified atom stereocenters. The van der Waals surface area contributed by atoms with Gasteiger partial charge in [-0.3, -0.25) is 0 Å². The number of hydrogen-bond donors (Lipinski definition) is 1. The smallest absolute Gasteiger partial charge is 0.0107 e. The van der Waals surface area contributed by atoms with Crippen LogP contribution in [-0.4, -0.2) is 36.6 Å². The van der Waals surface area contributed by atoms with Crippen molar-refractivity contribution in [2.75, 3.05) is 26.2 Å². The molecule has 2 heteroatoms. The van der Waals surface area contributed by atoms with Crippen molar-refractivity contribution < 1.29 is 0 Å². The van der Waals surface area contributed by atoms with E-state index in [4.69, 9.17) is 0 Å². The minimum atomic E-state index is 0.264. The highest BCUT2D eigenvalue weighted by atomic mass is 15.1. The molecule has 2 aliphatic rings. The summed E-state index contributed by atoms with van der Waals surface area (Å²) in [4.78, 5) is 2.67. The molecule has 2 nitrogen and oxygen atoms in total. The molecular formula is C16H32N2. The average Bonchev–Trinajstić information content (AvgIpc) is 2.32. The summed E-state index contributed by atoms with van der Waals surface area (Å²) in [5.41, 5.74) is 1.02. The summed E-state index contributed by atoms with van der Waals surface area (Å²) in [6.07, 6.45) is 10.4. The Hall–Kier alpha value is -0.0800. The van der Waals surface area contributed by atoms with Crippen LogP contribution in [-0.2, 0) is 0 Å². The van der Waals surface area contributed by atoms with Crippen molar-refractivity contribution >= 4 is 0 Å². The highest BCUT2D eigenvalue weighted by Gasteiger charge is 2.35. The Bertz CT molecular complexity index is 238. The second-order valence-corrected chi connectivity index (χ2v) is 7.58. The largest absolute Gasteiger partial charge is 0.311 e. The highest BCUT2D eigenvalue weighted by molar-refractivity contribution is 4.88. The van der Waals surface area contributed by atoms with Gasteiger partial charge >= 0.3 is 0 Å². The first-order valence-corrected chi connectivity index (χ1v) is 7.97. The Kier molecular flexibility index (Phi) is 4.71. The summed E-state index contributed by atoms with van der Waals surface area (Å²) in [5, 5.41) is 3.60. The molecule has 1 aliphatic carbocycles. The maximum atomic E-state index is 3.60. The molecular weight excluding hydrogens is 220 g/mol. The molecule has 1 N–H and O–H groups in total. The van der Waals surface area contributed by atoms with Crippen LogP contribution in [0.25, 0.3) is 0 Å². The standard InChI is InChI=1S/C16H32N2/c1-15(2,3)17-11-14-18-12-9-16(10-13-18)7-5-4-6-8-16/h17H,4-14H2,1-3H3. The van der Waals surface area contributed by atoms with Crippen LogP contribution < -0.4 is 5.32 Å². The van der Waals surface area contributed by atoms with Crippen molar-refractivity contribution in [2.45, 2.75) is 71.3 Å². The first kappa shape index (κ1) is 14.3. The van der Waals surface area contributed by atoms with Gasteiger partial charge in [-0.2, -0.15) is 0 Å². The van der Waals surface area contributed by atoms with E-state index in [2.05, 4.69) is 31.0 Å². The fourth-order valence-corrected chi connectivity index (χ4v) is 3.64. The summed E-state index contributed by atoms with van der Waals surface area (Å²) < 4.78 is 0. The number of nitrogens with one attached hydrogen (secondary N) is 1. The van der Waals surface area contributed by atoms with Crippen LogP contribution in [0.1, 0.15) is 65.7 Å². The topological polar surface area (TPSA) is 15.3 Å². The van der Waals surface area contributed by atoms with Crippen molar-refractivity contribution in [1.29, 1.82) is 0 Å². The molecule has 0 aromatic rings. The van der Waals surface area contributed by atoms with E-state index >= 15 is 0 Å². The van der Waals surface area contributed by atoms with E-state index < -0.39 is 0 Å². The number of likely N-dealkylation sites (tertiary alicyclic amines) is 1. The maximum absolute atomic E-state index is 3.60. The summed E-state index contributed by atoms with van der Waals surface area (Å²) in [6, 6.07) is 0. The molecule has 1 saturated heterocycles. The summed E-state index contributed by atoms with van der Waals surface area (Å²) in [6.45, 7) is 11.8. The Morgan fingerprint density at radius 3 is 2.11 bits per heavy atom. The minimum Gasteiger partial charge on any atom is -0.311 e. The predicted octanol–water partition coefficient (Wildman–Crippen LogP) is 3.42. The van der Waals surface area contributed by atoms with Gasteiger partial charge in [0, 0.05) is 18.6 Å². The monoisotopic (exact) mass is 252 g/mol. The van der Waals surface area contributed by atoms with Gasteiger partial charge in [-0.05, 0) is 65.0 Å². The third-order valence-corrected chi connectivity index (χ3v) is 4.91. The van der Waals surface area contributed by atoms with E-state index in [0.29, 0.717) is 0 Å². The second kappa shape index (κ2) is 5.92. The van der Waals surface area contributed by atoms with Crippen LogP contribution in [0.5, 0.6) is 0 Å². The quantitative estimate of drug-likeness (QED) is 0.828. The van der Waals surface area contributed by atoms with Crippen molar-refractivity contribution in [1.82, 2.24) is 10.2 Å². The Morgan fingerprint density at radius 2 is 1.56 bits per heavy atom. The first-order valence-electron chi connectivity index (χ1n) is 7.97. The SMILES string of the molecule is CC(C)(C)NCCN1CCC2(CCCCC2)CC1. The Balaban J connectivity index is 1.67. The molecule has 0 amide bonds. The normalized spacial score (nSPS) is 25.5. The van der Waals surface area contributed by atoms with Crippen molar-refractivity contribution in [3.05, 3.63) is 0 Å².